The Hall–Kier alpha value is -3.39. The molecule has 0 unspecified atom stereocenters. The number of aromatic amines is 1. The second kappa shape index (κ2) is 7.69. The number of H-pyrrole nitrogens is 1. The second-order valence-corrected chi connectivity index (χ2v) is 6.92. The molecule has 2 heterocycles. The van der Waals surface area contributed by atoms with Crippen LogP contribution in [-0.4, -0.2) is 22.5 Å². The van der Waals surface area contributed by atoms with Crippen LogP contribution >= 0.6 is 11.3 Å². The van der Waals surface area contributed by atoms with E-state index in [9.17, 15) is 9.59 Å². The van der Waals surface area contributed by atoms with Crippen molar-refractivity contribution in [2.75, 3.05) is 11.9 Å². The Bertz CT molecular complexity index is 1170. The summed E-state index contributed by atoms with van der Waals surface area (Å²) >= 11 is 1.34. The number of amides is 1. The second-order valence-electron chi connectivity index (χ2n) is 6.07. The molecule has 2 aromatic carbocycles. The highest BCUT2D eigenvalue weighted by atomic mass is 32.1. The van der Waals surface area contributed by atoms with Gasteiger partial charge in [-0.05, 0) is 42.8 Å². The molecule has 0 saturated carbocycles. The minimum absolute atomic E-state index is 0.139. The Kier molecular flexibility index (Phi) is 4.94. The molecular formula is C20H17N3O4S. The fourth-order valence-corrected chi connectivity index (χ4v) is 3.53. The third-order valence-electron chi connectivity index (χ3n) is 4.06. The van der Waals surface area contributed by atoms with Crippen LogP contribution in [0.3, 0.4) is 0 Å². The number of thiazole rings is 1. The quantitative estimate of drug-likeness (QED) is 0.517. The third kappa shape index (κ3) is 3.96. The van der Waals surface area contributed by atoms with Gasteiger partial charge in [0.05, 0.1) is 24.2 Å². The van der Waals surface area contributed by atoms with Gasteiger partial charge >= 0.3 is 5.76 Å². The number of aromatic nitrogens is 2. The summed E-state index contributed by atoms with van der Waals surface area (Å²) in [6, 6.07) is 12.8. The molecule has 0 aliphatic rings. The lowest BCUT2D eigenvalue weighted by Gasteiger charge is -2.05. The molecule has 2 N–H and O–H groups in total. The number of nitrogens with zero attached hydrogens (tertiary/aromatic N) is 1. The SMILES string of the molecule is CCOc1ccc(CC(=O)Nc2nc(-c3ccc4oc(=O)[nH]c4c3)cs2)cc1. The lowest BCUT2D eigenvalue weighted by molar-refractivity contribution is -0.115. The number of nitrogens with one attached hydrogen (secondary N) is 2. The van der Waals surface area contributed by atoms with Crippen LogP contribution in [0.4, 0.5) is 5.13 Å². The number of hydrogen-bond acceptors (Lipinski definition) is 6. The Morgan fingerprint density at radius 2 is 2.07 bits per heavy atom. The Labute approximate surface area is 164 Å². The maximum atomic E-state index is 12.3. The molecule has 4 rings (SSSR count). The maximum absolute atomic E-state index is 12.3. The summed E-state index contributed by atoms with van der Waals surface area (Å²) in [6.45, 7) is 2.53. The third-order valence-corrected chi connectivity index (χ3v) is 4.82. The number of rotatable bonds is 6. The van der Waals surface area contributed by atoms with E-state index in [0.717, 1.165) is 16.9 Å². The normalized spacial score (nSPS) is 10.9. The van der Waals surface area contributed by atoms with Crippen LogP contribution in [0.25, 0.3) is 22.4 Å². The van der Waals surface area contributed by atoms with E-state index in [2.05, 4.69) is 15.3 Å². The molecule has 1 amide bonds. The van der Waals surface area contributed by atoms with Gasteiger partial charge in [-0.3, -0.25) is 9.78 Å². The first kappa shape index (κ1) is 18.0. The standard InChI is InChI=1S/C20H17N3O4S/c1-2-26-14-6-3-12(4-7-14)9-18(24)23-19-21-16(11-28-19)13-5-8-17-15(10-13)22-20(25)27-17/h3-8,10-11H,2,9H2,1H3,(H,22,25)(H,21,23,24). The molecule has 0 bridgehead atoms. The van der Waals surface area contributed by atoms with Crippen LogP contribution in [0.1, 0.15) is 12.5 Å². The first-order valence-corrected chi connectivity index (χ1v) is 9.59. The van der Waals surface area contributed by atoms with Gasteiger partial charge in [0.1, 0.15) is 5.75 Å². The van der Waals surface area contributed by atoms with Crippen molar-refractivity contribution in [3.05, 3.63) is 64.0 Å². The minimum atomic E-state index is -0.493. The average Bonchev–Trinajstić information content (AvgIpc) is 3.28. The summed E-state index contributed by atoms with van der Waals surface area (Å²) in [4.78, 5) is 30.6. The van der Waals surface area contributed by atoms with Crippen LogP contribution in [0.2, 0.25) is 0 Å². The van der Waals surface area contributed by atoms with Gasteiger partial charge in [-0.25, -0.2) is 9.78 Å². The lowest BCUT2D eigenvalue weighted by atomic mass is 10.1. The molecule has 0 aliphatic carbocycles. The minimum Gasteiger partial charge on any atom is -0.494 e. The van der Waals surface area contributed by atoms with Crippen LogP contribution in [0.15, 0.2) is 57.1 Å². The predicted octanol–water partition coefficient (Wildman–Crippen LogP) is 3.82. The van der Waals surface area contributed by atoms with Crippen molar-refractivity contribution in [3.8, 4) is 17.0 Å². The molecule has 0 fully saturated rings. The van der Waals surface area contributed by atoms with Crippen molar-refractivity contribution in [1.29, 1.82) is 0 Å². The lowest BCUT2D eigenvalue weighted by Crippen LogP contribution is -2.14. The summed E-state index contributed by atoms with van der Waals surface area (Å²) in [5.74, 6) is 0.152. The fourth-order valence-electron chi connectivity index (χ4n) is 2.79. The topological polar surface area (TPSA) is 97.2 Å². The molecule has 0 aliphatic heterocycles. The number of oxazole rings is 1. The van der Waals surface area contributed by atoms with Crippen molar-refractivity contribution in [2.24, 2.45) is 0 Å². The molecule has 0 spiro atoms. The number of benzene rings is 2. The highest BCUT2D eigenvalue weighted by molar-refractivity contribution is 7.14. The highest BCUT2D eigenvalue weighted by Crippen LogP contribution is 2.27. The zero-order valence-corrected chi connectivity index (χ0v) is 15.8. The van der Waals surface area contributed by atoms with Gasteiger partial charge < -0.3 is 14.5 Å². The first-order valence-electron chi connectivity index (χ1n) is 8.71. The molecule has 142 valence electrons. The van der Waals surface area contributed by atoms with Crippen molar-refractivity contribution in [1.82, 2.24) is 9.97 Å². The number of hydrogen-bond donors (Lipinski definition) is 2. The molecule has 7 nitrogen and oxygen atoms in total. The van der Waals surface area contributed by atoms with E-state index in [1.807, 2.05) is 42.6 Å². The summed E-state index contributed by atoms with van der Waals surface area (Å²) in [6.07, 6.45) is 0.254. The number of carbonyl (C=O) groups excluding carboxylic acids is 1. The van der Waals surface area contributed by atoms with E-state index >= 15 is 0 Å². The Morgan fingerprint density at radius 3 is 2.86 bits per heavy atom. The van der Waals surface area contributed by atoms with Crippen LogP contribution < -0.4 is 15.8 Å². The summed E-state index contributed by atoms with van der Waals surface area (Å²) in [7, 11) is 0. The van der Waals surface area contributed by atoms with Crippen molar-refractivity contribution >= 4 is 33.5 Å². The van der Waals surface area contributed by atoms with Crippen molar-refractivity contribution in [2.45, 2.75) is 13.3 Å². The van der Waals surface area contributed by atoms with Crippen LogP contribution in [0.5, 0.6) is 5.75 Å². The van der Waals surface area contributed by atoms with E-state index in [1.165, 1.54) is 11.3 Å². The van der Waals surface area contributed by atoms with E-state index < -0.39 is 5.76 Å². The number of ether oxygens (including phenoxy) is 1. The number of fused-ring (bicyclic) bond motifs is 1. The van der Waals surface area contributed by atoms with Crippen molar-refractivity contribution < 1.29 is 13.9 Å². The van der Waals surface area contributed by atoms with E-state index in [4.69, 9.17) is 9.15 Å². The smallest absolute Gasteiger partial charge is 0.417 e. The van der Waals surface area contributed by atoms with Gasteiger partial charge in [-0.2, -0.15) is 0 Å². The zero-order valence-electron chi connectivity index (χ0n) is 15.0. The zero-order chi connectivity index (χ0) is 19.5. The van der Waals surface area contributed by atoms with Gasteiger partial charge in [-0.1, -0.05) is 12.1 Å². The van der Waals surface area contributed by atoms with E-state index in [0.29, 0.717) is 28.5 Å². The van der Waals surface area contributed by atoms with Crippen LogP contribution in [0, 0.1) is 0 Å². The molecular weight excluding hydrogens is 378 g/mol. The van der Waals surface area contributed by atoms with E-state index in [1.54, 1.807) is 12.1 Å². The van der Waals surface area contributed by atoms with Crippen LogP contribution in [-0.2, 0) is 11.2 Å². The molecule has 0 radical (unpaired) electrons. The molecule has 28 heavy (non-hydrogen) atoms. The van der Waals surface area contributed by atoms with Gasteiger partial charge in [0.2, 0.25) is 5.91 Å². The fraction of sp³-hybridized carbons (Fsp3) is 0.150. The van der Waals surface area contributed by atoms with Gasteiger partial charge in [0.15, 0.2) is 10.7 Å². The first-order chi connectivity index (χ1) is 13.6. The molecule has 0 saturated heterocycles. The predicted molar refractivity (Wildman–Crippen MR) is 108 cm³/mol. The van der Waals surface area contributed by atoms with Gasteiger partial charge in [0, 0.05) is 10.9 Å². The molecule has 0 atom stereocenters. The average molecular weight is 395 g/mol. The Balaban J connectivity index is 1.43. The molecule has 4 aromatic rings. The summed E-state index contributed by atoms with van der Waals surface area (Å²) in [5, 5.41) is 5.20. The largest absolute Gasteiger partial charge is 0.494 e. The van der Waals surface area contributed by atoms with Gasteiger partial charge in [-0.15, -0.1) is 11.3 Å². The number of carbonyl (C=O) groups is 1. The number of anilines is 1. The Morgan fingerprint density at radius 1 is 1.25 bits per heavy atom. The monoisotopic (exact) mass is 395 g/mol. The highest BCUT2D eigenvalue weighted by Gasteiger charge is 2.10. The van der Waals surface area contributed by atoms with Gasteiger partial charge in [0.25, 0.3) is 0 Å². The van der Waals surface area contributed by atoms with Crippen molar-refractivity contribution in [3.63, 3.8) is 0 Å². The van der Waals surface area contributed by atoms with E-state index in [-0.39, 0.29) is 12.3 Å². The molecule has 2 aromatic heterocycles. The maximum Gasteiger partial charge on any atom is 0.417 e. The summed E-state index contributed by atoms with van der Waals surface area (Å²) < 4.78 is 10.4. The molecule has 8 heteroatoms. The summed E-state index contributed by atoms with van der Waals surface area (Å²) in [5.41, 5.74) is 3.54.